The quantitative estimate of drug-likeness (QED) is 0.728. The second-order valence-corrected chi connectivity index (χ2v) is 7.11. The van der Waals surface area contributed by atoms with Gasteiger partial charge in [0, 0.05) is 38.4 Å². The van der Waals surface area contributed by atoms with E-state index in [9.17, 15) is 22.8 Å². The molecule has 1 fully saturated rings. The number of alkyl halides is 3. The van der Waals surface area contributed by atoms with Crippen molar-refractivity contribution in [2.24, 2.45) is 0 Å². The van der Waals surface area contributed by atoms with Gasteiger partial charge in [0.1, 0.15) is 5.75 Å². The van der Waals surface area contributed by atoms with Gasteiger partial charge < -0.3 is 10.1 Å². The van der Waals surface area contributed by atoms with Crippen molar-refractivity contribution in [1.29, 1.82) is 0 Å². The molecule has 1 heterocycles. The van der Waals surface area contributed by atoms with Gasteiger partial charge in [-0.1, -0.05) is 30.3 Å². The number of benzene rings is 2. The summed E-state index contributed by atoms with van der Waals surface area (Å²) >= 11 is 0. The first-order valence-electron chi connectivity index (χ1n) is 9.72. The number of para-hydroxylation sites is 1. The van der Waals surface area contributed by atoms with Crippen molar-refractivity contribution in [2.45, 2.75) is 12.9 Å². The van der Waals surface area contributed by atoms with Crippen LogP contribution in [0.3, 0.4) is 0 Å². The average molecular weight is 436 g/mol. The van der Waals surface area contributed by atoms with Crippen LogP contribution in [0.15, 0.2) is 54.6 Å². The van der Waals surface area contributed by atoms with Gasteiger partial charge in [-0.2, -0.15) is 0 Å². The van der Waals surface area contributed by atoms with Crippen molar-refractivity contribution in [3.05, 3.63) is 60.2 Å². The van der Waals surface area contributed by atoms with E-state index in [0.29, 0.717) is 38.4 Å². The van der Waals surface area contributed by atoms with Gasteiger partial charge in [-0.05, 0) is 29.8 Å². The van der Waals surface area contributed by atoms with Crippen LogP contribution >= 0.6 is 0 Å². The maximum atomic E-state index is 12.2. The molecule has 0 spiro atoms. The highest BCUT2D eigenvalue weighted by molar-refractivity contribution is 6.01. The van der Waals surface area contributed by atoms with Gasteiger partial charge in [-0.25, -0.2) is 4.79 Å². The molecule has 3 amide bonds. The van der Waals surface area contributed by atoms with Crippen molar-refractivity contribution in [2.75, 3.05) is 38.0 Å². The summed E-state index contributed by atoms with van der Waals surface area (Å²) in [6.45, 7) is 3.38. The smallest absolute Gasteiger partial charge is 0.406 e. The largest absolute Gasteiger partial charge is 0.573 e. The van der Waals surface area contributed by atoms with Crippen molar-refractivity contribution in [3.63, 3.8) is 0 Å². The van der Waals surface area contributed by atoms with Gasteiger partial charge >= 0.3 is 12.4 Å². The summed E-state index contributed by atoms with van der Waals surface area (Å²) in [5.41, 5.74) is 1.47. The molecule has 1 aliphatic rings. The molecule has 1 aliphatic heterocycles. The van der Waals surface area contributed by atoms with Crippen LogP contribution in [0, 0.1) is 0 Å². The van der Waals surface area contributed by atoms with E-state index in [1.165, 1.54) is 12.1 Å². The maximum Gasteiger partial charge on any atom is 0.573 e. The highest BCUT2D eigenvalue weighted by atomic mass is 19.4. The van der Waals surface area contributed by atoms with Gasteiger partial charge in [0.05, 0.1) is 6.54 Å². The minimum Gasteiger partial charge on any atom is -0.406 e. The molecule has 0 aliphatic carbocycles. The molecule has 0 aromatic heterocycles. The minimum atomic E-state index is -4.70. The lowest BCUT2D eigenvalue weighted by molar-refractivity contribution is -0.274. The summed E-state index contributed by atoms with van der Waals surface area (Å²) < 4.78 is 40.5. The van der Waals surface area contributed by atoms with Crippen LogP contribution in [0.1, 0.15) is 5.56 Å². The molecular weight excluding hydrogens is 413 g/mol. The van der Waals surface area contributed by atoms with E-state index in [4.69, 9.17) is 0 Å². The molecule has 0 radical (unpaired) electrons. The molecule has 31 heavy (non-hydrogen) atoms. The van der Waals surface area contributed by atoms with E-state index in [1.54, 1.807) is 36.4 Å². The van der Waals surface area contributed by atoms with E-state index >= 15 is 0 Å². The zero-order valence-electron chi connectivity index (χ0n) is 16.7. The van der Waals surface area contributed by atoms with Crippen LogP contribution in [-0.4, -0.2) is 60.8 Å². The Balaban J connectivity index is 1.37. The summed E-state index contributed by atoms with van der Waals surface area (Å²) in [6, 6.07) is 14.0. The fourth-order valence-corrected chi connectivity index (χ4v) is 3.21. The van der Waals surface area contributed by atoms with E-state index in [0.717, 1.165) is 5.56 Å². The Kier molecular flexibility index (Phi) is 7.48. The highest BCUT2D eigenvalue weighted by Gasteiger charge is 2.31. The molecule has 2 N–H and O–H groups in total. The molecule has 3 rings (SSSR count). The predicted octanol–water partition coefficient (Wildman–Crippen LogP) is 3.05. The number of anilines is 1. The Morgan fingerprint density at radius 1 is 0.903 bits per heavy atom. The van der Waals surface area contributed by atoms with E-state index < -0.39 is 12.4 Å². The van der Waals surface area contributed by atoms with Crippen LogP contribution in [-0.2, 0) is 11.3 Å². The minimum absolute atomic E-state index is 0.111. The molecule has 0 atom stereocenters. The molecule has 0 unspecified atom stereocenters. The number of nitrogens with one attached hydrogen (secondary N) is 2. The lowest BCUT2D eigenvalue weighted by atomic mass is 10.2. The van der Waals surface area contributed by atoms with Gasteiger partial charge in [0.25, 0.3) is 0 Å². The topological polar surface area (TPSA) is 73.9 Å². The lowest BCUT2D eigenvalue weighted by Gasteiger charge is -2.34. The summed E-state index contributed by atoms with van der Waals surface area (Å²) in [6.07, 6.45) is -4.70. The number of carbonyl (C=O) groups is 2. The number of halogens is 3. The standard InChI is InChI=1S/C21H23F3N4O3/c22-21(23,24)31-18-8-6-16(7-9-18)14-27-10-12-28(13-11-27)15-19(29)26-20(30)25-17-4-2-1-3-5-17/h1-9H,10-15H2,(H2,25,26,29,30). The number of nitrogens with zero attached hydrogens (tertiary/aromatic N) is 2. The van der Waals surface area contributed by atoms with E-state index in [2.05, 4.69) is 20.3 Å². The first kappa shape index (κ1) is 22.6. The first-order chi connectivity index (χ1) is 14.8. The van der Waals surface area contributed by atoms with Crippen molar-refractivity contribution in [1.82, 2.24) is 15.1 Å². The molecule has 1 saturated heterocycles. The van der Waals surface area contributed by atoms with E-state index in [-0.39, 0.29) is 18.2 Å². The third-order valence-electron chi connectivity index (χ3n) is 4.68. The molecule has 166 valence electrons. The van der Waals surface area contributed by atoms with Crippen LogP contribution in [0.4, 0.5) is 23.7 Å². The summed E-state index contributed by atoms with van der Waals surface area (Å²) in [5, 5.41) is 4.90. The van der Waals surface area contributed by atoms with Crippen molar-refractivity contribution >= 4 is 17.6 Å². The first-order valence-corrected chi connectivity index (χ1v) is 9.72. The lowest BCUT2D eigenvalue weighted by Crippen LogP contribution is -2.50. The maximum absolute atomic E-state index is 12.2. The number of rotatable bonds is 6. The molecule has 7 nitrogen and oxygen atoms in total. The SMILES string of the molecule is O=C(CN1CCN(Cc2ccc(OC(F)(F)F)cc2)CC1)NC(=O)Nc1ccccc1. The number of imide groups is 1. The third kappa shape index (κ3) is 7.91. The molecule has 0 bridgehead atoms. The van der Waals surface area contributed by atoms with Gasteiger partial charge in [-0.15, -0.1) is 13.2 Å². The second-order valence-electron chi connectivity index (χ2n) is 7.11. The highest BCUT2D eigenvalue weighted by Crippen LogP contribution is 2.23. The average Bonchev–Trinajstić information content (AvgIpc) is 2.70. The fraction of sp³-hybridized carbons (Fsp3) is 0.333. The number of hydrogen-bond acceptors (Lipinski definition) is 5. The monoisotopic (exact) mass is 436 g/mol. The van der Waals surface area contributed by atoms with E-state index in [1.807, 2.05) is 11.0 Å². The molecule has 10 heteroatoms. The summed E-state index contributed by atoms with van der Waals surface area (Å²) in [5.74, 6) is -0.634. The number of urea groups is 1. The molecule has 2 aromatic rings. The number of piperazine rings is 1. The Hall–Kier alpha value is -3.11. The number of amides is 3. The van der Waals surface area contributed by atoms with Crippen LogP contribution in [0.25, 0.3) is 0 Å². The number of hydrogen-bond donors (Lipinski definition) is 2. The Morgan fingerprint density at radius 3 is 2.13 bits per heavy atom. The third-order valence-corrected chi connectivity index (χ3v) is 4.68. The second kappa shape index (κ2) is 10.3. The summed E-state index contributed by atoms with van der Waals surface area (Å²) in [7, 11) is 0. The normalized spacial score (nSPS) is 15.3. The number of carbonyl (C=O) groups excluding carboxylic acids is 2. The molecule has 0 saturated carbocycles. The Morgan fingerprint density at radius 2 is 1.52 bits per heavy atom. The Bertz CT molecular complexity index is 868. The Labute approximate surface area is 177 Å². The van der Waals surface area contributed by atoms with Crippen LogP contribution in [0.5, 0.6) is 5.75 Å². The van der Waals surface area contributed by atoms with Crippen molar-refractivity contribution < 1.29 is 27.5 Å². The van der Waals surface area contributed by atoms with Crippen LogP contribution in [0.2, 0.25) is 0 Å². The van der Waals surface area contributed by atoms with Gasteiger partial charge in [0.15, 0.2) is 0 Å². The van der Waals surface area contributed by atoms with Gasteiger partial charge in [-0.3, -0.25) is 19.9 Å². The van der Waals surface area contributed by atoms with Crippen LogP contribution < -0.4 is 15.4 Å². The van der Waals surface area contributed by atoms with Crippen molar-refractivity contribution in [3.8, 4) is 5.75 Å². The fourth-order valence-electron chi connectivity index (χ4n) is 3.21. The number of ether oxygens (including phenoxy) is 1. The van der Waals surface area contributed by atoms with Gasteiger partial charge in [0.2, 0.25) is 5.91 Å². The zero-order valence-corrected chi connectivity index (χ0v) is 16.7. The predicted molar refractivity (Wildman–Crippen MR) is 108 cm³/mol. The molecule has 2 aromatic carbocycles. The zero-order chi connectivity index (χ0) is 22.3. The molecular formula is C21H23F3N4O3. The summed E-state index contributed by atoms with van der Waals surface area (Å²) in [4.78, 5) is 28.1.